The Bertz CT molecular complexity index is 1030. The topological polar surface area (TPSA) is 49.4 Å². The molecular formula is C22H19Cl3N2O2S2. The number of thioether (sulfide) groups is 1. The van der Waals surface area contributed by atoms with E-state index in [0.717, 1.165) is 18.4 Å². The van der Waals surface area contributed by atoms with Gasteiger partial charge in [0.1, 0.15) is 4.32 Å². The Morgan fingerprint density at radius 1 is 1.03 bits per heavy atom. The standard InChI is InChI=1S/C22H19Cl3N2O2S2/c23-15-7-5-14(6-8-15)12-19-21(29)27(22(30)31-19)11-3-1-2-4-20(28)26-16-9-10-17(24)18(25)13-16/h5-10,12-13H,1-4,11H2,(H,26,28). The smallest absolute Gasteiger partial charge is 0.266 e. The van der Waals surface area contributed by atoms with Gasteiger partial charge in [-0.05, 0) is 54.8 Å². The zero-order chi connectivity index (χ0) is 22.4. The van der Waals surface area contributed by atoms with Crippen molar-refractivity contribution in [2.24, 2.45) is 0 Å². The molecule has 2 amide bonds. The van der Waals surface area contributed by atoms with Crippen LogP contribution in [0.25, 0.3) is 6.08 Å². The SMILES string of the molecule is O=C(CCCCCN1C(=O)C(=Cc2ccc(Cl)cc2)SC1=S)Nc1ccc(Cl)c(Cl)c1. The van der Waals surface area contributed by atoms with E-state index < -0.39 is 0 Å². The van der Waals surface area contributed by atoms with Crippen molar-refractivity contribution in [2.75, 3.05) is 11.9 Å². The lowest BCUT2D eigenvalue weighted by atomic mass is 10.1. The summed E-state index contributed by atoms with van der Waals surface area (Å²) in [6.07, 6.45) is 4.49. The highest BCUT2D eigenvalue weighted by Crippen LogP contribution is 2.33. The highest BCUT2D eigenvalue weighted by atomic mass is 35.5. The summed E-state index contributed by atoms with van der Waals surface area (Å²) in [4.78, 5) is 27.0. The summed E-state index contributed by atoms with van der Waals surface area (Å²) in [6, 6.07) is 12.3. The Kier molecular flexibility index (Phi) is 8.81. The molecule has 31 heavy (non-hydrogen) atoms. The van der Waals surface area contributed by atoms with Crippen LogP contribution >= 0.6 is 58.8 Å². The van der Waals surface area contributed by atoms with Crippen LogP contribution in [0, 0.1) is 0 Å². The maximum absolute atomic E-state index is 12.7. The number of unbranched alkanes of at least 4 members (excludes halogenated alkanes) is 2. The predicted octanol–water partition coefficient (Wildman–Crippen LogP) is 7.05. The van der Waals surface area contributed by atoms with Gasteiger partial charge in [0, 0.05) is 23.7 Å². The number of benzene rings is 2. The first-order valence-corrected chi connectivity index (χ1v) is 11.9. The van der Waals surface area contributed by atoms with Gasteiger partial charge in [0.25, 0.3) is 5.91 Å². The summed E-state index contributed by atoms with van der Waals surface area (Å²) >= 11 is 24.4. The molecule has 0 aromatic heterocycles. The van der Waals surface area contributed by atoms with E-state index in [4.69, 9.17) is 47.0 Å². The summed E-state index contributed by atoms with van der Waals surface area (Å²) in [7, 11) is 0. The Balaban J connectivity index is 1.41. The number of hydrogen-bond acceptors (Lipinski definition) is 4. The molecule has 3 rings (SSSR count). The molecular weight excluding hydrogens is 495 g/mol. The van der Waals surface area contributed by atoms with Crippen LogP contribution in [-0.2, 0) is 9.59 Å². The van der Waals surface area contributed by atoms with Gasteiger partial charge in [-0.2, -0.15) is 0 Å². The molecule has 9 heteroatoms. The second-order valence-corrected chi connectivity index (χ2v) is 9.80. The van der Waals surface area contributed by atoms with Crippen molar-refractivity contribution in [1.29, 1.82) is 0 Å². The number of hydrogen-bond donors (Lipinski definition) is 1. The second-order valence-electron chi connectivity index (χ2n) is 6.87. The Hall–Kier alpha value is -1.57. The quantitative estimate of drug-likeness (QED) is 0.233. The van der Waals surface area contributed by atoms with Gasteiger partial charge in [-0.25, -0.2) is 0 Å². The van der Waals surface area contributed by atoms with Crippen molar-refractivity contribution in [3.8, 4) is 0 Å². The van der Waals surface area contributed by atoms with Gasteiger partial charge in [-0.1, -0.05) is 77.3 Å². The van der Waals surface area contributed by atoms with Gasteiger partial charge < -0.3 is 5.32 Å². The number of halogens is 3. The first-order chi connectivity index (χ1) is 14.8. The fourth-order valence-corrected chi connectivity index (χ4v) is 4.67. The van der Waals surface area contributed by atoms with E-state index in [0.29, 0.717) is 49.4 Å². The summed E-state index contributed by atoms with van der Waals surface area (Å²) < 4.78 is 0.558. The van der Waals surface area contributed by atoms with E-state index in [2.05, 4.69) is 5.32 Å². The molecule has 162 valence electrons. The molecule has 0 saturated carbocycles. The number of carbonyl (C=O) groups excluding carboxylic acids is 2. The lowest BCUT2D eigenvalue weighted by Gasteiger charge is -2.14. The van der Waals surface area contributed by atoms with Crippen LogP contribution in [0.15, 0.2) is 47.4 Å². The van der Waals surface area contributed by atoms with Crippen LogP contribution < -0.4 is 5.32 Å². The Morgan fingerprint density at radius 2 is 1.77 bits per heavy atom. The molecule has 0 bridgehead atoms. The molecule has 1 aliphatic rings. The van der Waals surface area contributed by atoms with Crippen LogP contribution in [-0.4, -0.2) is 27.6 Å². The van der Waals surface area contributed by atoms with E-state index in [-0.39, 0.29) is 11.8 Å². The van der Waals surface area contributed by atoms with Gasteiger partial charge in [-0.15, -0.1) is 0 Å². The molecule has 4 nitrogen and oxygen atoms in total. The minimum atomic E-state index is -0.0881. The summed E-state index contributed by atoms with van der Waals surface area (Å²) in [5, 5.41) is 4.29. The van der Waals surface area contributed by atoms with E-state index in [9.17, 15) is 9.59 Å². The van der Waals surface area contributed by atoms with Gasteiger partial charge in [-0.3, -0.25) is 14.5 Å². The van der Waals surface area contributed by atoms with Crippen molar-refractivity contribution in [3.05, 3.63) is 68.0 Å². The summed E-state index contributed by atoms with van der Waals surface area (Å²) in [5.41, 5.74) is 1.52. The fraction of sp³-hybridized carbons (Fsp3) is 0.227. The summed E-state index contributed by atoms with van der Waals surface area (Å²) in [5.74, 6) is -0.169. The van der Waals surface area contributed by atoms with Crippen molar-refractivity contribution >= 4 is 86.7 Å². The van der Waals surface area contributed by atoms with E-state index in [1.54, 1.807) is 35.2 Å². The monoisotopic (exact) mass is 512 g/mol. The van der Waals surface area contributed by atoms with Crippen molar-refractivity contribution in [1.82, 2.24) is 4.90 Å². The Morgan fingerprint density at radius 3 is 2.48 bits per heavy atom. The predicted molar refractivity (Wildman–Crippen MR) is 135 cm³/mol. The minimum Gasteiger partial charge on any atom is -0.326 e. The van der Waals surface area contributed by atoms with Gasteiger partial charge >= 0.3 is 0 Å². The zero-order valence-corrected chi connectivity index (χ0v) is 20.3. The number of rotatable bonds is 8. The third-order valence-corrected chi connectivity index (χ3v) is 6.90. The molecule has 1 heterocycles. The molecule has 0 radical (unpaired) electrons. The van der Waals surface area contributed by atoms with Crippen LogP contribution in [0.5, 0.6) is 0 Å². The molecule has 1 N–H and O–H groups in total. The number of thiocarbonyl (C=S) groups is 1. The molecule has 1 aliphatic heterocycles. The lowest BCUT2D eigenvalue weighted by molar-refractivity contribution is -0.122. The second kappa shape index (κ2) is 11.3. The van der Waals surface area contributed by atoms with Crippen molar-refractivity contribution < 1.29 is 9.59 Å². The van der Waals surface area contributed by atoms with Crippen molar-refractivity contribution in [2.45, 2.75) is 25.7 Å². The van der Waals surface area contributed by atoms with Gasteiger partial charge in [0.15, 0.2) is 0 Å². The first kappa shape index (κ1) is 24.1. The third kappa shape index (κ3) is 6.96. The normalized spacial score (nSPS) is 15.1. The summed E-state index contributed by atoms with van der Waals surface area (Å²) in [6.45, 7) is 0.539. The minimum absolute atomic E-state index is 0.0812. The average molecular weight is 514 g/mol. The highest BCUT2D eigenvalue weighted by Gasteiger charge is 2.31. The van der Waals surface area contributed by atoms with Crippen molar-refractivity contribution in [3.63, 3.8) is 0 Å². The largest absolute Gasteiger partial charge is 0.326 e. The maximum Gasteiger partial charge on any atom is 0.266 e. The number of amides is 2. The molecule has 0 spiro atoms. The van der Waals surface area contributed by atoms with Crippen LogP contribution in [0.1, 0.15) is 31.2 Å². The molecule has 0 aliphatic carbocycles. The Labute approximate surface area is 205 Å². The molecule has 1 saturated heterocycles. The van der Waals surface area contributed by atoms with Crippen LogP contribution in [0.4, 0.5) is 5.69 Å². The maximum atomic E-state index is 12.7. The third-order valence-electron chi connectivity index (χ3n) is 4.53. The van der Waals surface area contributed by atoms with Crippen LogP contribution in [0.2, 0.25) is 15.1 Å². The number of nitrogens with one attached hydrogen (secondary N) is 1. The van der Waals surface area contributed by atoms with E-state index in [1.165, 1.54) is 11.8 Å². The number of anilines is 1. The van der Waals surface area contributed by atoms with Crippen LogP contribution in [0.3, 0.4) is 0 Å². The molecule has 1 fully saturated rings. The molecule has 0 unspecified atom stereocenters. The van der Waals surface area contributed by atoms with E-state index in [1.807, 2.05) is 18.2 Å². The number of nitrogens with zero attached hydrogens (tertiary/aromatic N) is 1. The molecule has 2 aromatic rings. The molecule has 2 aromatic carbocycles. The fourth-order valence-electron chi connectivity index (χ4n) is 2.93. The zero-order valence-electron chi connectivity index (χ0n) is 16.4. The molecule has 0 atom stereocenters. The highest BCUT2D eigenvalue weighted by molar-refractivity contribution is 8.26. The average Bonchev–Trinajstić information content (AvgIpc) is 2.99. The van der Waals surface area contributed by atoms with Gasteiger partial charge in [0.05, 0.1) is 15.0 Å². The van der Waals surface area contributed by atoms with E-state index >= 15 is 0 Å². The van der Waals surface area contributed by atoms with Gasteiger partial charge in [0.2, 0.25) is 5.91 Å². The lowest BCUT2D eigenvalue weighted by Crippen LogP contribution is -2.29. The number of carbonyl (C=O) groups is 2. The first-order valence-electron chi connectivity index (χ1n) is 9.59.